The Morgan fingerprint density at radius 3 is 2.61 bits per heavy atom. The maximum absolute atomic E-state index is 5.94. The van der Waals surface area contributed by atoms with E-state index in [1.807, 2.05) is 31.3 Å². The summed E-state index contributed by atoms with van der Waals surface area (Å²) in [5, 5.41) is 3.15. The molecule has 102 valence electrons. The molecule has 0 saturated carbocycles. The molecule has 1 atom stereocenters. The van der Waals surface area contributed by atoms with E-state index in [2.05, 4.69) is 19.2 Å². The Morgan fingerprint density at radius 1 is 1.22 bits per heavy atom. The van der Waals surface area contributed by atoms with Crippen LogP contribution in [0.2, 0.25) is 0 Å². The van der Waals surface area contributed by atoms with Gasteiger partial charge in [0.1, 0.15) is 0 Å². The van der Waals surface area contributed by atoms with Crippen LogP contribution < -0.4 is 14.8 Å². The van der Waals surface area contributed by atoms with Crippen molar-refractivity contribution in [3.05, 3.63) is 24.3 Å². The van der Waals surface area contributed by atoms with E-state index in [0.717, 1.165) is 43.9 Å². The highest BCUT2D eigenvalue weighted by atomic mass is 16.5. The summed E-state index contributed by atoms with van der Waals surface area (Å²) in [5.74, 6) is 1.70. The molecule has 0 aliphatic heterocycles. The topological polar surface area (TPSA) is 30.5 Å². The van der Waals surface area contributed by atoms with Crippen molar-refractivity contribution in [3.8, 4) is 11.5 Å². The standard InChI is InChI=1S/C15H25NO2/c1-4-12-17-14-9-5-6-10-15(14)18-13(2)8-7-11-16-3/h5-6,9-10,13,16H,4,7-8,11-12H2,1-3H3. The van der Waals surface area contributed by atoms with Crippen LogP contribution >= 0.6 is 0 Å². The maximum Gasteiger partial charge on any atom is 0.161 e. The van der Waals surface area contributed by atoms with Crippen LogP contribution in [0.5, 0.6) is 11.5 Å². The Kier molecular flexibility index (Phi) is 7.26. The molecule has 0 spiro atoms. The van der Waals surface area contributed by atoms with Gasteiger partial charge < -0.3 is 14.8 Å². The highest BCUT2D eigenvalue weighted by Gasteiger charge is 2.08. The monoisotopic (exact) mass is 251 g/mol. The minimum absolute atomic E-state index is 0.213. The van der Waals surface area contributed by atoms with Crippen molar-refractivity contribution in [3.63, 3.8) is 0 Å². The molecular weight excluding hydrogens is 226 g/mol. The molecule has 0 amide bonds. The van der Waals surface area contributed by atoms with Gasteiger partial charge in [0, 0.05) is 0 Å². The average molecular weight is 251 g/mol. The van der Waals surface area contributed by atoms with Crippen molar-refractivity contribution in [2.24, 2.45) is 0 Å². The van der Waals surface area contributed by atoms with E-state index in [0.29, 0.717) is 0 Å². The molecule has 18 heavy (non-hydrogen) atoms. The number of hydrogen-bond donors (Lipinski definition) is 1. The van der Waals surface area contributed by atoms with Crippen molar-refractivity contribution in [1.29, 1.82) is 0 Å². The quantitative estimate of drug-likeness (QED) is 0.683. The molecule has 0 saturated heterocycles. The molecule has 1 unspecified atom stereocenters. The van der Waals surface area contributed by atoms with Crippen LogP contribution in [-0.4, -0.2) is 26.3 Å². The van der Waals surface area contributed by atoms with Crippen molar-refractivity contribution in [1.82, 2.24) is 5.32 Å². The third-order valence-electron chi connectivity index (χ3n) is 2.68. The predicted octanol–water partition coefficient (Wildman–Crippen LogP) is 3.24. The van der Waals surface area contributed by atoms with Crippen molar-refractivity contribution >= 4 is 0 Å². The fraction of sp³-hybridized carbons (Fsp3) is 0.600. The SMILES string of the molecule is CCCOc1ccccc1OC(C)CCCNC. The Hall–Kier alpha value is -1.22. The molecule has 1 aromatic rings. The van der Waals surface area contributed by atoms with Gasteiger partial charge >= 0.3 is 0 Å². The fourth-order valence-electron chi connectivity index (χ4n) is 1.72. The minimum Gasteiger partial charge on any atom is -0.490 e. The van der Waals surface area contributed by atoms with E-state index >= 15 is 0 Å². The molecule has 3 heteroatoms. The number of rotatable bonds is 9. The summed E-state index contributed by atoms with van der Waals surface area (Å²) in [5.41, 5.74) is 0. The zero-order chi connectivity index (χ0) is 13.2. The lowest BCUT2D eigenvalue weighted by Gasteiger charge is -2.17. The van der Waals surface area contributed by atoms with Crippen LogP contribution in [0.25, 0.3) is 0 Å². The van der Waals surface area contributed by atoms with Crippen LogP contribution in [0.15, 0.2) is 24.3 Å². The van der Waals surface area contributed by atoms with E-state index in [-0.39, 0.29) is 6.10 Å². The summed E-state index contributed by atoms with van der Waals surface area (Å²) in [4.78, 5) is 0. The van der Waals surface area contributed by atoms with Gasteiger partial charge in [0.2, 0.25) is 0 Å². The zero-order valence-electron chi connectivity index (χ0n) is 11.7. The first-order valence-electron chi connectivity index (χ1n) is 6.81. The summed E-state index contributed by atoms with van der Waals surface area (Å²) < 4.78 is 11.6. The lowest BCUT2D eigenvalue weighted by atomic mass is 10.2. The van der Waals surface area contributed by atoms with Crippen molar-refractivity contribution in [2.45, 2.75) is 39.2 Å². The van der Waals surface area contributed by atoms with E-state index in [9.17, 15) is 0 Å². The van der Waals surface area contributed by atoms with Gasteiger partial charge in [-0.05, 0) is 51.9 Å². The molecule has 0 bridgehead atoms. The smallest absolute Gasteiger partial charge is 0.161 e. The van der Waals surface area contributed by atoms with Gasteiger partial charge in [0.25, 0.3) is 0 Å². The molecule has 0 radical (unpaired) electrons. The van der Waals surface area contributed by atoms with Gasteiger partial charge in [-0.1, -0.05) is 19.1 Å². The molecule has 1 rings (SSSR count). The Bertz CT molecular complexity index is 328. The second-order valence-corrected chi connectivity index (χ2v) is 4.47. The van der Waals surface area contributed by atoms with E-state index in [1.165, 1.54) is 0 Å². The first-order valence-corrected chi connectivity index (χ1v) is 6.81. The van der Waals surface area contributed by atoms with Crippen LogP contribution in [0.4, 0.5) is 0 Å². The van der Waals surface area contributed by atoms with Gasteiger partial charge in [-0.25, -0.2) is 0 Å². The number of benzene rings is 1. The summed E-state index contributed by atoms with van der Waals surface area (Å²) in [6.07, 6.45) is 3.38. The van der Waals surface area contributed by atoms with E-state index in [1.54, 1.807) is 0 Å². The van der Waals surface area contributed by atoms with Crippen LogP contribution in [0.3, 0.4) is 0 Å². The number of hydrogen-bond acceptors (Lipinski definition) is 3. The summed E-state index contributed by atoms with van der Waals surface area (Å²) >= 11 is 0. The summed E-state index contributed by atoms with van der Waals surface area (Å²) in [6.45, 7) is 5.96. The highest BCUT2D eigenvalue weighted by molar-refractivity contribution is 5.39. The Balaban J connectivity index is 2.49. The molecule has 1 N–H and O–H groups in total. The molecule has 0 fully saturated rings. The normalized spacial score (nSPS) is 12.2. The van der Waals surface area contributed by atoms with E-state index < -0.39 is 0 Å². The fourth-order valence-corrected chi connectivity index (χ4v) is 1.72. The average Bonchev–Trinajstić information content (AvgIpc) is 2.38. The molecule has 0 aliphatic carbocycles. The third kappa shape index (κ3) is 5.41. The summed E-state index contributed by atoms with van der Waals surface area (Å²) in [7, 11) is 1.97. The lowest BCUT2D eigenvalue weighted by molar-refractivity contribution is 0.193. The van der Waals surface area contributed by atoms with Gasteiger partial charge in [-0.15, -0.1) is 0 Å². The number of para-hydroxylation sites is 2. The largest absolute Gasteiger partial charge is 0.490 e. The van der Waals surface area contributed by atoms with E-state index in [4.69, 9.17) is 9.47 Å². The third-order valence-corrected chi connectivity index (χ3v) is 2.68. The maximum atomic E-state index is 5.94. The van der Waals surface area contributed by atoms with Crippen molar-refractivity contribution in [2.75, 3.05) is 20.2 Å². The van der Waals surface area contributed by atoms with Gasteiger partial charge in [-0.2, -0.15) is 0 Å². The van der Waals surface area contributed by atoms with Crippen LogP contribution in [0, 0.1) is 0 Å². The number of ether oxygens (including phenoxy) is 2. The van der Waals surface area contributed by atoms with Crippen molar-refractivity contribution < 1.29 is 9.47 Å². The zero-order valence-corrected chi connectivity index (χ0v) is 11.7. The second kappa shape index (κ2) is 8.81. The first kappa shape index (κ1) is 14.8. The Labute approximate surface area is 110 Å². The molecule has 1 aromatic carbocycles. The highest BCUT2D eigenvalue weighted by Crippen LogP contribution is 2.28. The van der Waals surface area contributed by atoms with Gasteiger partial charge in [0.05, 0.1) is 12.7 Å². The van der Waals surface area contributed by atoms with Gasteiger partial charge in [-0.3, -0.25) is 0 Å². The lowest BCUT2D eigenvalue weighted by Crippen LogP contribution is -2.16. The molecule has 0 aromatic heterocycles. The molecule has 0 aliphatic rings. The summed E-state index contributed by atoms with van der Waals surface area (Å²) in [6, 6.07) is 7.89. The molecule has 0 heterocycles. The van der Waals surface area contributed by atoms with Crippen LogP contribution in [0.1, 0.15) is 33.1 Å². The van der Waals surface area contributed by atoms with Gasteiger partial charge in [0.15, 0.2) is 11.5 Å². The Morgan fingerprint density at radius 2 is 1.94 bits per heavy atom. The second-order valence-electron chi connectivity index (χ2n) is 4.47. The van der Waals surface area contributed by atoms with Crippen LogP contribution in [-0.2, 0) is 0 Å². The molecular formula is C15H25NO2. The first-order chi connectivity index (χ1) is 8.77. The number of nitrogens with one attached hydrogen (secondary N) is 1. The minimum atomic E-state index is 0.213. The molecule has 3 nitrogen and oxygen atoms in total. The predicted molar refractivity (Wildman–Crippen MR) is 75.5 cm³/mol.